The normalized spacial score (nSPS) is 10.6. The number of nitrogens with one attached hydrogen (secondary N) is 2. The molecule has 0 saturated carbocycles. The van der Waals surface area contributed by atoms with Crippen molar-refractivity contribution in [3.63, 3.8) is 0 Å². The van der Waals surface area contributed by atoms with Gasteiger partial charge in [0.1, 0.15) is 0 Å². The van der Waals surface area contributed by atoms with Crippen molar-refractivity contribution in [1.82, 2.24) is 15.2 Å². The van der Waals surface area contributed by atoms with Gasteiger partial charge in [0.15, 0.2) is 0 Å². The standard InChI is InChI=1S/C12H11N5/c13-10-3-4-14-7-12(10)16-9-2-1-8-6-15-17-11(8)5-9/h1-7,16H,(H2,13,14)(H,15,17). The van der Waals surface area contributed by atoms with Gasteiger partial charge in [0.05, 0.1) is 29.3 Å². The molecule has 0 aliphatic heterocycles. The topological polar surface area (TPSA) is 79.6 Å². The Balaban J connectivity index is 1.97. The highest BCUT2D eigenvalue weighted by Gasteiger charge is 2.01. The average molecular weight is 225 g/mol. The molecule has 0 amide bonds. The monoisotopic (exact) mass is 225 g/mol. The van der Waals surface area contributed by atoms with Crippen molar-refractivity contribution in [2.45, 2.75) is 0 Å². The molecule has 2 aromatic heterocycles. The van der Waals surface area contributed by atoms with Gasteiger partial charge in [0.25, 0.3) is 0 Å². The fourth-order valence-corrected chi connectivity index (χ4v) is 1.68. The summed E-state index contributed by atoms with van der Waals surface area (Å²) in [5.41, 5.74) is 9.24. The Morgan fingerprint density at radius 2 is 2.12 bits per heavy atom. The Hall–Kier alpha value is -2.56. The minimum atomic E-state index is 0.671. The number of nitrogens with zero attached hydrogens (tertiary/aromatic N) is 2. The summed E-state index contributed by atoms with van der Waals surface area (Å²) in [7, 11) is 0. The molecular formula is C12H11N5. The van der Waals surface area contributed by atoms with Gasteiger partial charge in [-0.2, -0.15) is 5.10 Å². The summed E-state index contributed by atoms with van der Waals surface area (Å²) >= 11 is 0. The van der Waals surface area contributed by atoms with Crippen molar-refractivity contribution in [2.75, 3.05) is 11.1 Å². The molecular weight excluding hydrogens is 214 g/mol. The van der Waals surface area contributed by atoms with Crippen LogP contribution in [-0.4, -0.2) is 15.2 Å². The van der Waals surface area contributed by atoms with Crippen LogP contribution in [0, 0.1) is 0 Å². The van der Waals surface area contributed by atoms with Gasteiger partial charge in [0, 0.05) is 17.3 Å². The number of rotatable bonds is 2. The van der Waals surface area contributed by atoms with Crippen LogP contribution in [0.3, 0.4) is 0 Å². The highest BCUT2D eigenvalue weighted by Crippen LogP contribution is 2.23. The van der Waals surface area contributed by atoms with E-state index in [0.717, 1.165) is 22.3 Å². The lowest BCUT2D eigenvalue weighted by atomic mass is 10.2. The average Bonchev–Trinajstić information content (AvgIpc) is 2.79. The Morgan fingerprint density at radius 3 is 3.00 bits per heavy atom. The van der Waals surface area contributed by atoms with Crippen LogP contribution in [0.15, 0.2) is 42.9 Å². The van der Waals surface area contributed by atoms with E-state index in [2.05, 4.69) is 20.5 Å². The van der Waals surface area contributed by atoms with Gasteiger partial charge in [-0.25, -0.2) is 0 Å². The number of anilines is 3. The molecule has 0 spiro atoms. The first kappa shape index (κ1) is 9.65. The van der Waals surface area contributed by atoms with Crippen LogP contribution in [0.5, 0.6) is 0 Å². The molecule has 0 saturated heterocycles. The molecule has 0 bridgehead atoms. The fourth-order valence-electron chi connectivity index (χ4n) is 1.68. The summed E-state index contributed by atoms with van der Waals surface area (Å²) in [6.07, 6.45) is 5.16. The Labute approximate surface area is 97.7 Å². The molecule has 2 heterocycles. The second kappa shape index (κ2) is 3.79. The summed E-state index contributed by atoms with van der Waals surface area (Å²) in [4.78, 5) is 4.03. The van der Waals surface area contributed by atoms with E-state index in [0.29, 0.717) is 5.69 Å². The quantitative estimate of drug-likeness (QED) is 0.625. The van der Waals surface area contributed by atoms with Crippen molar-refractivity contribution in [3.8, 4) is 0 Å². The molecule has 5 heteroatoms. The molecule has 4 N–H and O–H groups in total. The van der Waals surface area contributed by atoms with Crippen molar-refractivity contribution in [3.05, 3.63) is 42.9 Å². The van der Waals surface area contributed by atoms with Crippen LogP contribution in [0.25, 0.3) is 10.9 Å². The molecule has 17 heavy (non-hydrogen) atoms. The van der Waals surface area contributed by atoms with Gasteiger partial charge in [-0.15, -0.1) is 0 Å². The number of aromatic amines is 1. The third-order valence-corrected chi connectivity index (χ3v) is 2.58. The molecule has 0 aliphatic rings. The molecule has 5 nitrogen and oxygen atoms in total. The third-order valence-electron chi connectivity index (χ3n) is 2.58. The zero-order valence-corrected chi connectivity index (χ0v) is 9.01. The van der Waals surface area contributed by atoms with Gasteiger partial charge in [0.2, 0.25) is 0 Å². The molecule has 3 rings (SSSR count). The van der Waals surface area contributed by atoms with E-state index in [1.165, 1.54) is 0 Å². The maximum atomic E-state index is 5.84. The summed E-state index contributed by atoms with van der Waals surface area (Å²) in [6.45, 7) is 0. The number of pyridine rings is 1. The maximum absolute atomic E-state index is 5.84. The largest absolute Gasteiger partial charge is 0.397 e. The Bertz CT molecular complexity index is 659. The molecule has 1 aromatic carbocycles. The van der Waals surface area contributed by atoms with Crippen LogP contribution in [0.4, 0.5) is 17.1 Å². The summed E-state index contributed by atoms with van der Waals surface area (Å²) in [5.74, 6) is 0. The zero-order valence-electron chi connectivity index (χ0n) is 9.01. The van der Waals surface area contributed by atoms with Crippen molar-refractivity contribution >= 4 is 28.0 Å². The lowest BCUT2D eigenvalue weighted by Crippen LogP contribution is -1.96. The van der Waals surface area contributed by atoms with Gasteiger partial charge < -0.3 is 11.1 Å². The third kappa shape index (κ3) is 1.78. The van der Waals surface area contributed by atoms with Crippen LogP contribution < -0.4 is 11.1 Å². The van der Waals surface area contributed by atoms with Crippen LogP contribution >= 0.6 is 0 Å². The SMILES string of the molecule is Nc1ccncc1Nc1ccc2cn[nH]c2c1. The molecule has 0 radical (unpaired) electrons. The highest BCUT2D eigenvalue weighted by atomic mass is 15.1. The van der Waals surface area contributed by atoms with Crippen molar-refractivity contribution in [1.29, 1.82) is 0 Å². The number of H-pyrrole nitrogens is 1. The summed E-state index contributed by atoms with van der Waals surface area (Å²) in [5, 5.41) is 11.2. The van der Waals surface area contributed by atoms with Gasteiger partial charge in [-0.05, 0) is 24.3 Å². The van der Waals surface area contributed by atoms with Gasteiger partial charge in [-0.3, -0.25) is 10.1 Å². The lowest BCUT2D eigenvalue weighted by Gasteiger charge is -2.08. The molecule has 84 valence electrons. The van der Waals surface area contributed by atoms with E-state index in [9.17, 15) is 0 Å². The predicted octanol–water partition coefficient (Wildman–Crippen LogP) is 2.28. The van der Waals surface area contributed by atoms with E-state index < -0.39 is 0 Å². The summed E-state index contributed by atoms with van der Waals surface area (Å²) in [6, 6.07) is 7.71. The summed E-state index contributed by atoms with van der Waals surface area (Å²) < 4.78 is 0. The minimum Gasteiger partial charge on any atom is -0.397 e. The number of nitrogens with two attached hydrogens (primary N) is 1. The Kier molecular flexibility index (Phi) is 2.15. The second-order valence-corrected chi connectivity index (χ2v) is 3.76. The minimum absolute atomic E-state index is 0.671. The number of hydrogen-bond acceptors (Lipinski definition) is 4. The van der Waals surface area contributed by atoms with E-state index in [1.807, 2.05) is 18.2 Å². The highest BCUT2D eigenvalue weighted by molar-refractivity contribution is 5.83. The molecule has 0 unspecified atom stereocenters. The zero-order chi connectivity index (χ0) is 11.7. The number of fused-ring (bicyclic) bond motifs is 1. The number of hydrogen-bond donors (Lipinski definition) is 3. The van der Waals surface area contributed by atoms with Crippen LogP contribution in [0.2, 0.25) is 0 Å². The van der Waals surface area contributed by atoms with Crippen LogP contribution in [0.1, 0.15) is 0 Å². The second-order valence-electron chi connectivity index (χ2n) is 3.76. The maximum Gasteiger partial charge on any atom is 0.0804 e. The van der Waals surface area contributed by atoms with E-state index >= 15 is 0 Å². The fraction of sp³-hybridized carbons (Fsp3) is 0. The van der Waals surface area contributed by atoms with Crippen molar-refractivity contribution < 1.29 is 0 Å². The molecule has 0 fully saturated rings. The smallest absolute Gasteiger partial charge is 0.0804 e. The number of aromatic nitrogens is 3. The van der Waals surface area contributed by atoms with Gasteiger partial charge >= 0.3 is 0 Å². The van der Waals surface area contributed by atoms with E-state index in [-0.39, 0.29) is 0 Å². The van der Waals surface area contributed by atoms with Gasteiger partial charge in [-0.1, -0.05) is 0 Å². The first-order chi connectivity index (χ1) is 8.33. The molecule has 0 atom stereocenters. The number of nitrogen functional groups attached to an aromatic ring is 1. The van der Waals surface area contributed by atoms with E-state index in [1.54, 1.807) is 24.7 Å². The first-order valence-corrected chi connectivity index (χ1v) is 5.22. The lowest BCUT2D eigenvalue weighted by molar-refractivity contribution is 1.12. The first-order valence-electron chi connectivity index (χ1n) is 5.22. The Morgan fingerprint density at radius 1 is 1.18 bits per heavy atom. The predicted molar refractivity (Wildman–Crippen MR) is 68.0 cm³/mol. The number of benzene rings is 1. The molecule has 3 aromatic rings. The van der Waals surface area contributed by atoms with Crippen LogP contribution in [-0.2, 0) is 0 Å². The molecule has 0 aliphatic carbocycles. The van der Waals surface area contributed by atoms with E-state index in [4.69, 9.17) is 5.73 Å². The van der Waals surface area contributed by atoms with Crippen molar-refractivity contribution in [2.24, 2.45) is 0 Å².